The van der Waals surface area contributed by atoms with Crippen molar-refractivity contribution in [2.75, 3.05) is 0 Å². The molecule has 0 saturated carbocycles. The molecule has 0 aliphatic rings. The predicted molar refractivity (Wildman–Crippen MR) is 75.7 cm³/mol. The van der Waals surface area contributed by atoms with Gasteiger partial charge in [0.1, 0.15) is 0 Å². The number of nitrogens with zero attached hydrogens (tertiary/aromatic N) is 2. The second-order valence-corrected chi connectivity index (χ2v) is 5.22. The van der Waals surface area contributed by atoms with Crippen LogP contribution in [0.2, 0.25) is 5.02 Å². The van der Waals surface area contributed by atoms with E-state index in [1.165, 1.54) is 0 Å². The van der Waals surface area contributed by atoms with Gasteiger partial charge in [0.25, 0.3) is 0 Å². The molecule has 0 fully saturated rings. The van der Waals surface area contributed by atoms with Crippen LogP contribution in [0.25, 0.3) is 0 Å². The third-order valence-electron chi connectivity index (χ3n) is 2.41. The first-order valence-corrected chi connectivity index (χ1v) is 6.96. The van der Waals surface area contributed by atoms with E-state index in [0.717, 1.165) is 32.9 Å². The zero-order valence-electron chi connectivity index (χ0n) is 10.1. The summed E-state index contributed by atoms with van der Waals surface area (Å²) in [6.07, 6.45) is 0. The van der Waals surface area contributed by atoms with Gasteiger partial charge < -0.3 is 5.73 Å². The zero-order valence-corrected chi connectivity index (χ0v) is 11.6. The van der Waals surface area contributed by atoms with Crippen molar-refractivity contribution >= 4 is 23.4 Å². The fourth-order valence-corrected chi connectivity index (χ4v) is 2.74. The van der Waals surface area contributed by atoms with E-state index in [0.29, 0.717) is 6.54 Å². The smallest absolute Gasteiger partial charge is 0.188 e. The lowest BCUT2D eigenvalue weighted by Crippen LogP contribution is -2.03. The molecule has 0 aliphatic heterocycles. The van der Waals surface area contributed by atoms with E-state index < -0.39 is 0 Å². The van der Waals surface area contributed by atoms with Crippen molar-refractivity contribution in [1.82, 2.24) is 9.97 Å². The molecule has 1 aromatic heterocycles. The Balaban J connectivity index is 2.11. The lowest BCUT2D eigenvalue weighted by molar-refractivity contribution is 0.854. The van der Waals surface area contributed by atoms with Gasteiger partial charge in [0.05, 0.1) is 5.69 Å². The molecule has 0 bridgehead atoms. The molecule has 1 aromatic carbocycles. The van der Waals surface area contributed by atoms with Crippen LogP contribution >= 0.6 is 23.4 Å². The molecule has 2 rings (SSSR count). The van der Waals surface area contributed by atoms with Crippen LogP contribution in [0.5, 0.6) is 0 Å². The van der Waals surface area contributed by atoms with Crippen molar-refractivity contribution in [2.45, 2.75) is 24.4 Å². The fraction of sp³-hybridized carbons (Fsp3) is 0.231. The summed E-state index contributed by atoms with van der Waals surface area (Å²) < 4.78 is 0. The molecule has 0 aliphatic carbocycles. The number of hydrogen-bond donors (Lipinski definition) is 1. The van der Waals surface area contributed by atoms with E-state index in [1.807, 2.05) is 37.3 Å². The molecule has 2 N–H and O–H groups in total. The Morgan fingerprint density at radius 1 is 1.28 bits per heavy atom. The molecule has 0 saturated heterocycles. The minimum Gasteiger partial charge on any atom is -0.325 e. The Bertz CT molecular complexity index is 546. The Morgan fingerprint density at radius 2 is 2.06 bits per heavy atom. The normalized spacial score (nSPS) is 10.6. The van der Waals surface area contributed by atoms with Crippen molar-refractivity contribution in [3.05, 3.63) is 52.3 Å². The largest absolute Gasteiger partial charge is 0.325 e. The summed E-state index contributed by atoms with van der Waals surface area (Å²) in [6, 6.07) is 9.70. The van der Waals surface area contributed by atoms with Gasteiger partial charge in [-0.25, -0.2) is 9.97 Å². The average Bonchev–Trinajstić information content (AvgIpc) is 2.37. The molecule has 2 aromatic rings. The molecule has 0 radical (unpaired) electrons. The van der Waals surface area contributed by atoms with Gasteiger partial charge in [-0.15, -0.1) is 0 Å². The second kappa shape index (κ2) is 6.18. The van der Waals surface area contributed by atoms with Crippen LogP contribution in [0.15, 0.2) is 35.5 Å². The minimum absolute atomic E-state index is 0.434. The Kier molecular flexibility index (Phi) is 4.58. The molecule has 3 nitrogen and oxygen atoms in total. The van der Waals surface area contributed by atoms with Crippen LogP contribution in [0.1, 0.15) is 17.0 Å². The third kappa shape index (κ3) is 3.45. The van der Waals surface area contributed by atoms with Crippen LogP contribution in [0.3, 0.4) is 0 Å². The Morgan fingerprint density at radius 3 is 2.78 bits per heavy atom. The Hall–Kier alpha value is -1.10. The highest BCUT2D eigenvalue weighted by Crippen LogP contribution is 2.24. The molecule has 1 heterocycles. The van der Waals surface area contributed by atoms with Gasteiger partial charge in [0.15, 0.2) is 5.16 Å². The molecular formula is C13H14ClN3S. The van der Waals surface area contributed by atoms with Gasteiger partial charge in [-0.2, -0.15) is 0 Å². The molecule has 18 heavy (non-hydrogen) atoms. The van der Waals surface area contributed by atoms with E-state index in [-0.39, 0.29) is 0 Å². The summed E-state index contributed by atoms with van der Waals surface area (Å²) in [5.41, 5.74) is 8.49. The van der Waals surface area contributed by atoms with Crippen LogP contribution < -0.4 is 5.73 Å². The quantitative estimate of drug-likeness (QED) is 0.690. The first-order valence-electron chi connectivity index (χ1n) is 5.60. The first-order chi connectivity index (χ1) is 8.69. The standard InChI is InChI=1S/C13H14ClN3S/c1-9-6-11(7-15)17-13(16-9)18-8-10-4-2-3-5-12(10)14/h2-6H,7-8,15H2,1H3. The molecule has 0 amide bonds. The lowest BCUT2D eigenvalue weighted by atomic mass is 10.2. The van der Waals surface area contributed by atoms with Crippen molar-refractivity contribution in [3.63, 3.8) is 0 Å². The summed E-state index contributed by atoms with van der Waals surface area (Å²) in [6.45, 7) is 2.38. The molecule has 94 valence electrons. The first kappa shape index (κ1) is 13.3. The van der Waals surface area contributed by atoms with Crippen molar-refractivity contribution in [1.29, 1.82) is 0 Å². The topological polar surface area (TPSA) is 51.8 Å². The van der Waals surface area contributed by atoms with Gasteiger partial charge in [-0.05, 0) is 24.6 Å². The summed E-state index contributed by atoms with van der Waals surface area (Å²) in [4.78, 5) is 8.76. The predicted octanol–water partition coefficient (Wildman–Crippen LogP) is 3.19. The fourth-order valence-electron chi connectivity index (χ4n) is 1.53. The monoisotopic (exact) mass is 279 g/mol. The van der Waals surface area contributed by atoms with Crippen molar-refractivity contribution < 1.29 is 0 Å². The van der Waals surface area contributed by atoms with Gasteiger partial charge in [0, 0.05) is 23.0 Å². The number of aromatic nitrogens is 2. The number of nitrogens with two attached hydrogens (primary N) is 1. The maximum absolute atomic E-state index is 6.11. The number of thioether (sulfide) groups is 1. The molecular weight excluding hydrogens is 266 g/mol. The van der Waals surface area contributed by atoms with Crippen LogP contribution in [0, 0.1) is 6.92 Å². The number of halogens is 1. The zero-order chi connectivity index (χ0) is 13.0. The SMILES string of the molecule is Cc1cc(CN)nc(SCc2ccccc2Cl)n1. The van der Waals surface area contributed by atoms with Crippen LogP contribution in [-0.2, 0) is 12.3 Å². The Labute approximate surface area is 116 Å². The molecule has 0 unspecified atom stereocenters. The van der Waals surface area contributed by atoms with Crippen LogP contribution in [-0.4, -0.2) is 9.97 Å². The van der Waals surface area contributed by atoms with Gasteiger partial charge in [-0.1, -0.05) is 41.6 Å². The molecule has 5 heteroatoms. The van der Waals surface area contributed by atoms with Gasteiger partial charge in [-0.3, -0.25) is 0 Å². The molecule has 0 spiro atoms. The summed E-state index contributed by atoms with van der Waals surface area (Å²) in [5, 5.41) is 1.52. The van der Waals surface area contributed by atoms with E-state index in [1.54, 1.807) is 11.8 Å². The third-order valence-corrected chi connectivity index (χ3v) is 3.68. The van der Waals surface area contributed by atoms with Crippen molar-refractivity contribution in [3.8, 4) is 0 Å². The van der Waals surface area contributed by atoms with E-state index >= 15 is 0 Å². The van der Waals surface area contributed by atoms with Gasteiger partial charge in [0.2, 0.25) is 0 Å². The summed E-state index contributed by atoms with van der Waals surface area (Å²) in [5.74, 6) is 0.757. The second-order valence-electron chi connectivity index (χ2n) is 3.87. The number of hydrogen-bond acceptors (Lipinski definition) is 4. The van der Waals surface area contributed by atoms with Gasteiger partial charge >= 0.3 is 0 Å². The number of benzene rings is 1. The lowest BCUT2D eigenvalue weighted by Gasteiger charge is -2.05. The van der Waals surface area contributed by atoms with E-state index in [2.05, 4.69) is 9.97 Å². The highest BCUT2D eigenvalue weighted by atomic mass is 35.5. The van der Waals surface area contributed by atoms with Crippen LogP contribution in [0.4, 0.5) is 0 Å². The maximum Gasteiger partial charge on any atom is 0.188 e. The molecule has 0 atom stereocenters. The average molecular weight is 280 g/mol. The number of aryl methyl sites for hydroxylation is 1. The highest BCUT2D eigenvalue weighted by Gasteiger charge is 2.04. The summed E-state index contributed by atoms with van der Waals surface area (Å²) >= 11 is 7.68. The summed E-state index contributed by atoms with van der Waals surface area (Å²) in [7, 11) is 0. The minimum atomic E-state index is 0.434. The maximum atomic E-state index is 6.11. The number of rotatable bonds is 4. The van der Waals surface area contributed by atoms with E-state index in [4.69, 9.17) is 17.3 Å². The van der Waals surface area contributed by atoms with Crippen molar-refractivity contribution in [2.24, 2.45) is 5.73 Å². The van der Waals surface area contributed by atoms with E-state index in [9.17, 15) is 0 Å². The highest BCUT2D eigenvalue weighted by molar-refractivity contribution is 7.98.